The number of benzene rings is 2. The van der Waals surface area contributed by atoms with E-state index in [1.54, 1.807) is 0 Å². The predicted molar refractivity (Wildman–Crippen MR) is 73.0 cm³/mol. The molecule has 0 aliphatic carbocycles. The quantitative estimate of drug-likeness (QED) is 0.793. The normalized spacial score (nSPS) is 13.1. The molecule has 0 fully saturated rings. The second kappa shape index (κ2) is 4.57. The van der Waals surface area contributed by atoms with Crippen molar-refractivity contribution in [3.63, 3.8) is 0 Å². The number of fused-ring (bicyclic) bond motifs is 1. The van der Waals surface area contributed by atoms with Gasteiger partial charge in [-0.2, -0.15) is 0 Å². The van der Waals surface area contributed by atoms with Crippen LogP contribution in [0.5, 0.6) is 11.5 Å². The summed E-state index contributed by atoms with van der Waals surface area (Å²) in [5, 5.41) is 0. The van der Waals surface area contributed by atoms with Crippen LogP contribution in [0.1, 0.15) is 5.56 Å². The van der Waals surface area contributed by atoms with Crippen molar-refractivity contribution in [1.82, 2.24) is 0 Å². The van der Waals surface area contributed by atoms with E-state index in [4.69, 9.17) is 9.47 Å². The van der Waals surface area contributed by atoms with E-state index in [0.29, 0.717) is 13.2 Å². The summed E-state index contributed by atoms with van der Waals surface area (Å²) in [4.78, 5) is 0. The molecule has 2 aromatic carbocycles. The van der Waals surface area contributed by atoms with Crippen molar-refractivity contribution in [3.05, 3.63) is 54.6 Å². The Morgan fingerprint density at radius 1 is 0.944 bits per heavy atom. The molecule has 0 radical (unpaired) electrons. The van der Waals surface area contributed by atoms with E-state index < -0.39 is 0 Å². The van der Waals surface area contributed by atoms with E-state index in [-0.39, 0.29) is 0 Å². The fourth-order valence-electron chi connectivity index (χ4n) is 2.15. The van der Waals surface area contributed by atoms with Crippen molar-refractivity contribution < 1.29 is 9.47 Å². The Hall–Kier alpha value is -2.22. The Bertz CT molecular complexity index is 587. The molecule has 0 unspecified atom stereocenters. The highest BCUT2D eigenvalue weighted by Gasteiger charge is 2.12. The molecule has 0 saturated heterocycles. The molecule has 90 valence electrons. The SMILES string of the molecule is C=Cc1ccccc1-c1ccc2c(c1)OCCO2. The average molecular weight is 238 g/mol. The molecule has 0 atom stereocenters. The van der Waals surface area contributed by atoms with Crippen LogP contribution in [0.25, 0.3) is 17.2 Å². The van der Waals surface area contributed by atoms with Crippen LogP contribution in [-0.4, -0.2) is 13.2 Å². The van der Waals surface area contributed by atoms with E-state index in [9.17, 15) is 0 Å². The number of rotatable bonds is 2. The molecule has 0 N–H and O–H groups in total. The second-order valence-electron chi connectivity index (χ2n) is 4.15. The van der Waals surface area contributed by atoms with Gasteiger partial charge in [-0.05, 0) is 28.8 Å². The standard InChI is InChI=1S/C16H14O2/c1-2-12-5-3-4-6-14(12)13-7-8-15-16(11-13)18-10-9-17-15/h2-8,11H,1,9-10H2. The van der Waals surface area contributed by atoms with Crippen molar-refractivity contribution in [2.75, 3.05) is 13.2 Å². The third-order valence-electron chi connectivity index (χ3n) is 3.03. The molecule has 0 amide bonds. The van der Waals surface area contributed by atoms with Gasteiger partial charge in [-0.1, -0.05) is 43.0 Å². The van der Waals surface area contributed by atoms with Crippen LogP contribution >= 0.6 is 0 Å². The van der Waals surface area contributed by atoms with Gasteiger partial charge in [0.15, 0.2) is 11.5 Å². The monoisotopic (exact) mass is 238 g/mol. The van der Waals surface area contributed by atoms with Crippen molar-refractivity contribution in [2.24, 2.45) is 0 Å². The zero-order valence-corrected chi connectivity index (χ0v) is 10.1. The van der Waals surface area contributed by atoms with Gasteiger partial charge in [0.05, 0.1) is 0 Å². The second-order valence-corrected chi connectivity index (χ2v) is 4.15. The van der Waals surface area contributed by atoms with Gasteiger partial charge < -0.3 is 9.47 Å². The fraction of sp³-hybridized carbons (Fsp3) is 0.125. The highest BCUT2D eigenvalue weighted by atomic mass is 16.6. The van der Waals surface area contributed by atoms with Crippen LogP contribution in [0, 0.1) is 0 Å². The van der Waals surface area contributed by atoms with Gasteiger partial charge in [-0.3, -0.25) is 0 Å². The largest absolute Gasteiger partial charge is 0.486 e. The number of ether oxygens (including phenoxy) is 2. The smallest absolute Gasteiger partial charge is 0.161 e. The Morgan fingerprint density at radius 3 is 2.56 bits per heavy atom. The number of hydrogen-bond donors (Lipinski definition) is 0. The van der Waals surface area contributed by atoms with Crippen molar-refractivity contribution in [1.29, 1.82) is 0 Å². The average Bonchev–Trinajstić information content (AvgIpc) is 2.46. The Balaban J connectivity index is 2.09. The van der Waals surface area contributed by atoms with Crippen LogP contribution in [0.2, 0.25) is 0 Å². The van der Waals surface area contributed by atoms with Crippen LogP contribution in [0.3, 0.4) is 0 Å². The van der Waals surface area contributed by atoms with Crippen LogP contribution in [0.15, 0.2) is 49.0 Å². The fourth-order valence-corrected chi connectivity index (χ4v) is 2.15. The van der Waals surface area contributed by atoms with Gasteiger partial charge in [-0.15, -0.1) is 0 Å². The molecule has 0 spiro atoms. The third kappa shape index (κ3) is 1.86. The topological polar surface area (TPSA) is 18.5 Å². The molecular formula is C16H14O2. The summed E-state index contributed by atoms with van der Waals surface area (Å²) in [5.41, 5.74) is 3.40. The molecule has 1 heterocycles. The summed E-state index contributed by atoms with van der Waals surface area (Å²) in [5.74, 6) is 1.64. The summed E-state index contributed by atoms with van der Waals surface area (Å²) >= 11 is 0. The summed E-state index contributed by atoms with van der Waals surface area (Å²) < 4.78 is 11.1. The van der Waals surface area contributed by atoms with E-state index >= 15 is 0 Å². The maximum Gasteiger partial charge on any atom is 0.161 e. The minimum atomic E-state index is 0.611. The number of hydrogen-bond acceptors (Lipinski definition) is 2. The lowest BCUT2D eigenvalue weighted by molar-refractivity contribution is 0.171. The molecule has 18 heavy (non-hydrogen) atoms. The lowest BCUT2D eigenvalue weighted by Crippen LogP contribution is -2.15. The maximum absolute atomic E-state index is 5.61. The zero-order chi connectivity index (χ0) is 12.4. The predicted octanol–water partition coefficient (Wildman–Crippen LogP) is 3.77. The van der Waals surface area contributed by atoms with Gasteiger partial charge in [-0.25, -0.2) is 0 Å². The van der Waals surface area contributed by atoms with E-state index in [0.717, 1.165) is 28.2 Å². The van der Waals surface area contributed by atoms with Crippen molar-refractivity contribution in [2.45, 2.75) is 0 Å². The van der Waals surface area contributed by atoms with Gasteiger partial charge in [0.25, 0.3) is 0 Å². The molecule has 0 aromatic heterocycles. The Morgan fingerprint density at radius 2 is 1.72 bits per heavy atom. The lowest BCUT2D eigenvalue weighted by Gasteiger charge is -2.19. The zero-order valence-electron chi connectivity index (χ0n) is 10.1. The van der Waals surface area contributed by atoms with Crippen molar-refractivity contribution >= 4 is 6.08 Å². The third-order valence-corrected chi connectivity index (χ3v) is 3.03. The Kier molecular flexibility index (Phi) is 2.77. The maximum atomic E-state index is 5.61. The van der Waals surface area contributed by atoms with Gasteiger partial charge >= 0.3 is 0 Å². The van der Waals surface area contributed by atoms with Crippen molar-refractivity contribution in [3.8, 4) is 22.6 Å². The first-order valence-corrected chi connectivity index (χ1v) is 6.00. The van der Waals surface area contributed by atoms with Gasteiger partial charge in [0.1, 0.15) is 13.2 Å². The summed E-state index contributed by atoms with van der Waals surface area (Å²) in [6.45, 7) is 5.08. The van der Waals surface area contributed by atoms with E-state index in [1.165, 1.54) is 0 Å². The van der Waals surface area contributed by atoms with Crippen LogP contribution < -0.4 is 9.47 Å². The summed E-state index contributed by atoms with van der Waals surface area (Å²) in [7, 11) is 0. The Labute approximate surface area is 106 Å². The molecule has 1 aliphatic heterocycles. The lowest BCUT2D eigenvalue weighted by atomic mass is 9.99. The summed E-state index contributed by atoms with van der Waals surface area (Å²) in [6.07, 6.45) is 1.87. The van der Waals surface area contributed by atoms with E-state index in [2.05, 4.69) is 24.8 Å². The van der Waals surface area contributed by atoms with Crippen LogP contribution in [0.4, 0.5) is 0 Å². The van der Waals surface area contributed by atoms with Gasteiger partial charge in [0.2, 0.25) is 0 Å². The molecule has 0 saturated carbocycles. The summed E-state index contributed by atoms with van der Waals surface area (Å²) in [6, 6.07) is 14.2. The minimum Gasteiger partial charge on any atom is -0.486 e. The molecule has 1 aliphatic rings. The molecular weight excluding hydrogens is 224 g/mol. The molecule has 2 nitrogen and oxygen atoms in total. The molecule has 0 bridgehead atoms. The first-order chi connectivity index (χ1) is 8.88. The van der Waals surface area contributed by atoms with Crippen LogP contribution in [-0.2, 0) is 0 Å². The first-order valence-electron chi connectivity index (χ1n) is 6.00. The molecule has 3 rings (SSSR count). The first kappa shape index (κ1) is 10.9. The minimum absolute atomic E-state index is 0.611. The molecule has 2 heteroatoms. The molecule has 2 aromatic rings. The highest BCUT2D eigenvalue weighted by Crippen LogP contribution is 2.35. The highest BCUT2D eigenvalue weighted by molar-refractivity contribution is 5.76. The van der Waals surface area contributed by atoms with Gasteiger partial charge in [0, 0.05) is 0 Å². The van der Waals surface area contributed by atoms with E-state index in [1.807, 2.05) is 30.3 Å².